The van der Waals surface area contributed by atoms with Gasteiger partial charge >= 0.3 is 0 Å². The maximum atomic E-state index is 3.18. The summed E-state index contributed by atoms with van der Waals surface area (Å²) in [6.45, 7) is 5.48. The summed E-state index contributed by atoms with van der Waals surface area (Å²) in [7, 11) is 2.01. The average molecular weight is 223 g/mol. The number of aryl methyl sites for hydroxylation is 2. The lowest BCUT2D eigenvalue weighted by Gasteiger charge is -2.06. The molecule has 2 heteroatoms. The van der Waals surface area contributed by atoms with Gasteiger partial charge in [0, 0.05) is 4.90 Å². The number of nitrogens with one attached hydrogen (secondary N) is 1. The van der Waals surface area contributed by atoms with Gasteiger partial charge in [-0.25, -0.2) is 0 Å². The Morgan fingerprint density at radius 1 is 1.20 bits per heavy atom. The second-order valence-electron chi connectivity index (χ2n) is 3.93. The van der Waals surface area contributed by atoms with Crippen LogP contribution in [-0.4, -0.2) is 19.3 Å². The third kappa shape index (κ3) is 4.72. The van der Waals surface area contributed by atoms with Crippen LogP contribution in [0.25, 0.3) is 0 Å². The Hall–Kier alpha value is -0.470. The van der Waals surface area contributed by atoms with Crippen LogP contribution in [0.3, 0.4) is 0 Å². The molecular weight excluding hydrogens is 202 g/mol. The summed E-state index contributed by atoms with van der Waals surface area (Å²) in [5.74, 6) is 1.23. The topological polar surface area (TPSA) is 12.0 Å². The number of hydrogen-bond donors (Lipinski definition) is 1. The van der Waals surface area contributed by atoms with Crippen molar-refractivity contribution < 1.29 is 0 Å². The van der Waals surface area contributed by atoms with E-state index in [1.807, 2.05) is 18.8 Å². The first-order valence-corrected chi connectivity index (χ1v) is 6.57. The van der Waals surface area contributed by atoms with Crippen molar-refractivity contribution in [1.82, 2.24) is 5.32 Å². The maximum absolute atomic E-state index is 3.18. The highest BCUT2D eigenvalue weighted by Gasteiger charge is 1.98. The van der Waals surface area contributed by atoms with E-state index in [1.165, 1.54) is 34.6 Å². The van der Waals surface area contributed by atoms with E-state index in [-0.39, 0.29) is 0 Å². The fraction of sp³-hybridized carbons (Fsp3) is 0.538. The third-order valence-electron chi connectivity index (χ3n) is 2.41. The predicted molar refractivity (Wildman–Crippen MR) is 69.8 cm³/mol. The molecule has 0 unspecified atom stereocenters. The van der Waals surface area contributed by atoms with E-state index in [2.05, 4.69) is 37.4 Å². The van der Waals surface area contributed by atoms with Gasteiger partial charge in [-0.05, 0) is 57.7 Å². The summed E-state index contributed by atoms with van der Waals surface area (Å²) in [6.07, 6.45) is 2.56. The summed E-state index contributed by atoms with van der Waals surface area (Å²) >= 11 is 1.98. The number of rotatable bonds is 6. The van der Waals surface area contributed by atoms with Crippen LogP contribution in [0, 0.1) is 13.8 Å². The molecule has 0 saturated carbocycles. The number of thioether (sulfide) groups is 1. The molecule has 0 heterocycles. The van der Waals surface area contributed by atoms with E-state index < -0.39 is 0 Å². The molecule has 0 fully saturated rings. The first kappa shape index (κ1) is 12.6. The van der Waals surface area contributed by atoms with Gasteiger partial charge in [-0.1, -0.05) is 17.7 Å². The standard InChI is InChI=1S/C13H21NS/c1-11-6-7-13(12(2)10-11)15-9-5-4-8-14-3/h6-7,10,14H,4-5,8-9H2,1-3H3. The molecule has 1 N–H and O–H groups in total. The highest BCUT2D eigenvalue weighted by atomic mass is 32.2. The highest BCUT2D eigenvalue weighted by molar-refractivity contribution is 7.99. The molecule has 0 amide bonds. The van der Waals surface area contributed by atoms with Crippen LogP contribution in [0.5, 0.6) is 0 Å². The fourth-order valence-electron chi connectivity index (χ4n) is 1.55. The number of hydrogen-bond acceptors (Lipinski definition) is 2. The Labute approximate surface area is 97.7 Å². The molecule has 0 aliphatic carbocycles. The molecule has 0 aliphatic rings. The molecule has 1 aromatic rings. The van der Waals surface area contributed by atoms with Crippen LogP contribution >= 0.6 is 11.8 Å². The molecule has 0 spiro atoms. The van der Waals surface area contributed by atoms with E-state index in [0.29, 0.717) is 0 Å². The van der Waals surface area contributed by atoms with Crippen molar-refractivity contribution in [2.75, 3.05) is 19.3 Å². The zero-order chi connectivity index (χ0) is 11.1. The van der Waals surface area contributed by atoms with Gasteiger partial charge in [-0.3, -0.25) is 0 Å². The van der Waals surface area contributed by atoms with Gasteiger partial charge in [0.1, 0.15) is 0 Å². The summed E-state index contributed by atoms with van der Waals surface area (Å²) in [5.41, 5.74) is 2.76. The first-order chi connectivity index (χ1) is 7.24. The molecule has 0 radical (unpaired) electrons. The van der Waals surface area contributed by atoms with E-state index in [0.717, 1.165) is 6.54 Å². The van der Waals surface area contributed by atoms with Crippen LogP contribution < -0.4 is 5.32 Å². The monoisotopic (exact) mass is 223 g/mol. The largest absolute Gasteiger partial charge is 0.320 e. The minimum atomic E-state index is 1.13. The van der Waals surface area contributed by atoms with E-state index in [1.54, 1.807) is 0 Å². The zero-order valence-corrected chi connectivity index (χ0v) is 10.8. The van der Waals surface area contributed by atoms with Crippen molar-refractivity contribution >= 4 is 11.8 Å². The molecule has 0 saturated heterocycles. The van der Waals surface area contributed by atoms with Crippen molar-refractivity contribution in [3.63, 3.8) is 0 Å². The predicted octanol–water partition coefficient (Wildman–Crippen LogP) is 3.40. The zero-order valence-electron chi connectivity index (χ0n) is 9.97. The van der Waals surface area contributed by atoms with Crippen LogP contribution in [0.1, 0.15) is 24.0 Å². The number of benzene rings is 1. The van der Waals surface area contributed by atoms with Crippen molar-refractivity contribution in [2.24, 2.45) is 0 Å². The van der Waals surface area contributed by atoms with Crippen LogP contribution in [0.4, 0.5) is 0 Å². The lowest BCUT2D eigenvalue weighted by Crippen LogP contribution is -2.07. The molecule has 0 atom stereocenters. The fourth-order valence-corrected chi connectivity index (χ4v) is 2.57. The van der Waals surface area contributed by atoms with Gasteiger partial charge in [0.2, 0.25) is 0 Å². The Bertz CT molecular complexity index is 297. The van der Waals surface area contributed by atoms with Crippen molar-refractivity contribution in [1.29, 1.82) is 0 Å². The third-order valence-corrected chi connectivity index (χ3v) is 3.67. The van der Waals surface area contributed by atoms with Crippen molar-refractivity contribution in [3.8, 4) is 0 Å². The van der Waals surface area contributed by atoms with Crippen LogP contribution in [0.2, 0.25) is 0 Å². The second-order valence-corrected chi connectivity index (χ2v) is 5.06. The minimum Gasteiger partial charge on any atom is -0.320 e. The average Bonchev–Trinajstić information content (AvgIpc) is 2.20. The van der Waals surface area contributed by atoms with Crippen LogP contribution in [0.15, 0.2) is 23.1 Å². The molecular formula is C13H21NS. The molecule has 84 valence electrons. The van der Waals surface area contributed by atoms with E-state index in [4.69, 9.17) is 0 Å². The molecule has 0 bridgehead atoms. The van der Waals surface area contributed by atoms with Gasteiger partial charge in [-0.2, -0.15) is 0 Å². The molecule has 1 nitrogen and oxygen atoms in total. The first-order valence-electron chi connectivity index (χ1n) is 5.58. The molecule has 1 aromatic carbocycles. The lowest BCUT2D eigenvalue weighted by atomic mass is 10.2. The summed E-state index contributed by atoms with van der Waals surface area (Å²) < 4.78 is 0. The Morgan fingerprint density at radius 2 is 2.00 bits per heavy atom. The second kappa shape index (κ2) is 6.91. The van der Waals surface area contributed by atoms with Crippen molar-refractivity contribution in [2.45, 2.75) is 31.6 Å². The molecule has 1 rings (SSSR count). The highest BCUT2D eigenvalue weighted by Crippen LogP contribution is 2.23. The Morgan fingerprint density at radius 3 is 2.67 bits per heavy atom. The van der Waals surface area contributed by atoms with E-state index in [9.17, 15) is 0 Å². The minimum absolute atomic E-state index is 1.13. The maximum Gasteiger partial charge on any atom is 0.0101 e. The number of unbranched alkanes of at least 4 members (excludes halogenated alkanes) is 1. The van der Waals surface area contributed by atoms with Gasteiger partial charge in [0.25, 0.3) is 0 Å². The van der Waals surface area contributed by atoms with Gasteiger partial charge in [-0.15, -0.1) is 11.8 Å². The normalized spacial score (nSPS) is 10.6. The smallest absolute Gasteiger partial charge is 0.0101 e. The van der Waals surface area contributed by atoms with Crippen molar-refractivity contribution in [3.05, 3.63) is 29.3 Å². The quantitative estimate of drug-likeness (QED) is 0.586. The lowest BCUT2D eigenvalue weighted by molar-refractivity contribution is 0.715. The SMILES string of the molecule is CNCCCCSc1ccc(C)cc1C. The van der Waals surface area contributed by atoms with Gasteiger partial charge < -0.3 is 5.32 Å². The molecule has 15 heavy (non-hydrogen) atoms. The summed E-state index contributed by atoms with van der Waals surface area (Å²) in [4.78, 5) is 1.44. The Balaban J connectivity index is 2.31. The summed E-state index contributed by atoms with van der Waals surface area (Å²) in [6, 6.07) is 6.70. The van der Waals surface area contributed by atoms with Gasteiger partial charge in [0.15, 0.2) is 0 Å². The van der Waals surface area contributed by atoms with E-state index >= 15 is 0 Å². The van der Waals surface area contributed by atoms with Crippen LogP contribution in [-0.2, 0) is 0 Å². The molecule has 0 aliphatic heterocycles. The molecule has 0 aromatic heterocycles. The Kier molecular flexibility index (Phi) is 5.81. The summed E-state index contributed by atoms with van der Waals surface area (Å²) in [5, 5.41) is 3.18. The van der Waals surface area contributed by atoms with Gasteiger partial charge in [0.05, 0.1) is 0 Å².